The molecule has 0 atom stereocenters. The lowest BCUT2D eigenvalue weighted by Crippen LogP contribution is -2.23. The minimum Gasteiger partial charge on any atom is -0.440 e. The van der Waals surface area contributed by atoms with Crippen molar-refractivity contribution in [2.75, 3.05) is 11.4 Å². The van der Waals surface area contributed by atoms with Gasteiger partial charge < -0.3 is 9.32 Å². The van der Waals surface area contributed by atoms with E-state index in [9.17, 15) is 4.39 Å². The number of fused-ring (bicyclic) bond motifs is 1. The number of hydrogen-bond donors (Lipinski definition) is 0. The predicted molar refractivity (Wildman–Crippen MR) is 92.8 cm³/mol. The summed E-state index contributed by atoms with van der Waals surface area (Å²) in [6, 6.07) is 6.41. The zero-order valence-corrected chi connectivity index (χ0v) is 14.4. The third-order valence-electron chi connectivity index (χ3n) is 4.17. The molecule has 126 valence electrons. The summed E-state index contributed by atoms with van der Waals surface area (Å²) in [6.07, 6.45) is 1.65. The Morgan fingerprint density at radius 2 is 2.20 bits per heavy atom. The van der Waals surface area contributed by atoms with E-state index in [1.165, 1.54) is 12.1 Å². The normalized spacial score (nSPS) is 14.0. The first-order chi connectivity index (χ1) is 12.1. The van der Waals surface area contributed by atoms with Gasteiger partial charge in [-0.15, -0.1) is 11.3 Å². The smallest absolute Gasteiger partial charge is 0.246 e. The van der Waals surface area contributed by atoms with Crippen LogP contribution in [-0.4, -0.2) is 16.5 Å². The summed E-state index contributed by atoms with van der Waals surface area (Å²) in [6.45, 7) is 3.22. The number of hydrogen-bond acceptors (Lipinski definition) is 6. The minimum absolute atomic E-state index is 0.318. The molecular weight excluding hydrogens is 339 g/mol. The van der Waals surface area contributed by atoms with Crippen molar-refractivity contribution < 1.29 is 8.81 Å². The minimum atomic E-state index is -0.405. The van der Waals surface area contributed by atoms with Gasteiger partial charge >= 0.3 is 0 Å². The molecule has 7 heteroatoms. The molecule has 0 fully saturated rings. The molecule has 0 bridgehead atoms. The number of aryl methyl sites for hydroxylation is 2. The number of nitriles is 1. The Morgan fingerprint density at radius 1 is 1.32 bits per heavy atom. The average molecular weight is 354 g/mol. The van der Waals surface area contributed by atoms with E-state index in [-0.39, 0.29) is 0 Å². The van der Waals surface area contributed by atoms with Gasteiger partial charge in [0.1, 0.15) is 23.0 Å². The van der Waals surface area contributed by atoms with Crippen LogP contribution in [0.5, 0.6) is 0 Å². The van der Waals surface area contributed by atoms with Crippen molar-refractivity contribution in [3.8, 4) is 17.7 Å². The molecule has 0 amide bonds. The average Bonchev–Trinajstić information content (AvgIpc) is 3.15. The van der Waals surface area contributed by atoms with E-state index >= 15 is 0 Å². The van der Waals surface area contributed by atoms with Gasteiger partial charge in [0.2, 0.25) is 5.89 Å². The molecule has 1 aliphatic heterocycles. The molecule has 0 radical (unpaired) electrons. The fraction of sp³-hybridized carbons (Fsp3) is 0.278. The summed E-state index contributed by atoms with van der Waals surface area (Å²) in [4.78, 5) is 11.1. The molecule has 4 rings (SSSR count). The molecule has 0 spiro atoms. The van der Waals surface area contributed by atoms with Crippen LogP contribution in [0.15, 0.2) is 28.0 Å². The van der Waals surface area contributed by atoms with E-state index < -0.39 is 5.82 Å². The molecule has 0 saturated carbocycles. The summed E-state index contributed by atoms with van der Waals surface area (Å²) < 4.78 is 19.7. The van der Waals surface area contributed by atoms with Crippen molar-refractivity contribution in [3.05, 3.63) is 51.4 Å². The standard InChI is InChI=1S/C18H15FN4OS/c1-11-21-16(10-25-11)18-22-15-9-23(4-2-3-17(15)24-18)14-6-12(8-20)5-13(19)7-14/h5-7,10H,2-4,9H2,1H3. The van der Waals surface area contributed by atoms with Crippen molar-refractivity contribution in [1.29, 1.82) is 5.26 Å². The first-order valence-electron chi connectivity index (χ1n) is 7.99. The summed E-state index contributed by atoms with van der Waals surface area (Å²) in [7, 11) is 0. The highest BCUT2D eigenvalue weighted by atomic mass is 32.1. The number of aromatic nitrogens is 2. The summed E-state index contributed by atoms with van der Waals surface area (Å²) in [5, 5.41) is 12.0. The van der Waals surface area contributed by atoms with E-state index in [2.05, 4.69) is 9.97 Å². The van der Waals surface area contributed by atoms with Crippen LogP contribution in [0.4, 0.5) is 10.1 Å². The fourth-order valence-corrected chi connectivity index (χ4v) is 3.59. The van der Waals surface area contributed by atoms with Gasteiger partial charge in [0.25, 0.3) is 0 Å². The molecule has 0 N–H and O–H groups in total. The Hall–Kier alpha value is -2.72. The third-order valence-corrected chi connectivity index (χ3v) is 4.94. The van der Waals surface area contributed by atoms with Crippen molar-refractivity contribution in [1.82, 2.24) is 9.97 Å². The van der Waals surface area contributed by atoms with Crippen LogP contribution >= 0.6 is 11.3 Å². The summed E-state index contributed by atoms with van der Waals surface area (Å²) in [5.74, 6) is 0.991. The molecule has 25 heavy (non-hydrogen) atoms. The van der Waals surface area contributed by atoms with Crippen LogP contribution in [0.2, 0.25) is 0 Å². The summed E-state index contributed by atoms with van der Waals surface area (Å²) in [5.41, 5.74) is 2.61. The first-order valence-corrected chi connectivity index (χ1v) is 8.87. The first kappa shape index (κ1) is 15.8. The number of oxazole rings is 1. The number of thiazole rings is 1. The highest BCUT2D eigenvalue weighted by Gasteiger charge is 2.22. The molecule has 0 unspecified atom stereocenters. The molecule has 2 aromatic heterocycles. The van der Waals surface area contributed by atoms with Gasteiger partial charge in [0.05, 0.1) is 23.2 Å². The van der Waals surface area contributed by atoms with Crippen LogP contribution in [0.25, 0.3) is 11.6 Å². The number of nitrogens with zero attached hydrogens (tertiary/aromatic N) is 4. The van der Waals surface area contributed by atoms with Gasteiger partial charge in [-0.1, -0.05) is 0 Å². The zero-order chi connectivity index (χ0) is 17.4. The van der Waals surface area contributed by atoms with Gasteiger partial charge in [-0.25, -0.2) is 14.4 Å². The van der Waals surface area contributed by atoms with Gasteiger partial charge in [-0.2, -0.15) is 5.26 Å². The number of benzene rings is 1. The molecule has 5 nitrogen and oxygen atoms in total. The lowest BCUT2D eigenvalue weighted by molar-refractivity contribution is 0.511. The number of rotatable bonds is 2. The van der Waals surface area contributed by atoms with E-state index in [1.807, 2.05) is 23.3 Å². The maximum atomic E-state index is 13.8. The van der Waals surface area contributed by atoms with Crippen molar-refractivity contribution in [2.45, 2.75) is 26.3 Å². The topological polar surface area (TPSA) is 66.0 Å². The lowest BCUT2D eigenvalue weighted by atomic mass is 10.2. The number of anilines is 1. The predicted octanol–water partition coefficient (Wildman–Crippen LogP) is 4.07. The highest BCUT2D eigenvalue weighted by Crippen LogP contribution is 2.29. The van der Waals surface area contributed by atoms with Gasteiger partial charge in [0, 0.05) is 24.0 Å². The Morgan fingerprint density at radius 3 is 2.96 bits per heavy atom. The zero-order valence-electron chi connectivity index (χ0n) is 13.6. The van der Waals surface area contributed by atoms with Crippen molar-refractivity contribution in [3.63, 3.8) is 0 Å². The Labute approximate surface area is 148 Å². The Kier molecular flexibility index (Phi) is 3.98. The molecule has 3 aromatic rings. The molecule has 0 saturated heterocycles. The van der Waals surface area contributed by atoms with Crippen molar-refractivity contribution >= 4 is 17.0 Å². The van der Waals surface area contributed by atoms with Crippen LogP contribution in [0.3, 0.4) is 0 Å². The Bertz CT molecular complexity index is 972. The van der Waals surface area contributed by atoms with Gasteiger partial charge in [0.15, 0.2) is 0 Å². The van der Waals surface area contributed by atoms with E-state index in [4.69, 9.17) is 9.68 Å². The second-order valence-electron chi connectivity index (χ2n) is 5.98. The second-order valence-corrected chi connectivity index (χ2v) is 7.04. The largest absolute Gasteiger partial charge is 0.440 e. The van der Waals surface area contributed by atoms with Crippen LogP contribution < -0.4 is 4.90 Å². The quantitative estimate of drug-likeness (QED) is 0.694. The second kappa shape index (κ2) is 6.30. The van der Waals surface area contributed by atoms with E-state index in [0.29, 0.717) is 23.7 Å². The SMILES string of the molecule is Cc1nc(-c2nc3c(o2)CCCN(c2cc(F)cc(C#N)c2)C3)cs1. The summed E-state index contributed by atoms with van der Waals surface area (Å²) >= 11 is 1.56. The van der Waals surface area contributed by atoms with Gasteiger partial charge in [-0.05, 0) is 31.5 Å². The van der Waals surface area contributed by atoms with E-state index in [1.54, 1.807) is 17.4 Å². The van der Waals surface area contributed by atoms with Crippen LogP contribution in [0.1, 0.15) is 28.4 Å². The molecule has 1 aliphatic rings. The molecule has 0 aliphatic carbocycles. The maximum Gasteiger partial charge on any atom is 0.246 e. The fourth-order valence-electron chi connectivity index (χ4n) is 3.01. The highest BCUT2D eigenvalue weighted by molar-refractivity contribution is 7.09. The third kappa shape index (κ3) is 3.13. The Balaban J connectivity index is 1.66. The van der Waals surface area contributed by atoms with E-state index in [0.717, 1.165) is 41.5 Å². The van der Waals surface area contributed by atoms with Crippen molar-refractivity contribution in [2.24, 2.45) is 0 Å². The van der Waals surface area contributed by atoms with Gasteiger partial charge in [-0.3, -0.25) is 0 Å². The van der Waals surface area contributed by atoms with Crippen LogP contribution in [-0.2, 0) is 13.0 Å². The molecular formula is C18H15FN4OS. The lowest BCUT2D eigenvalue weighted by Gasteiger charge is -2.22. The number of halogens is 1. The monoisotopic (exact) mass is 354 g/mol. The molecule has 3 heterocycles. The molecule has 1 aromatic carbocycles. The maximum absolute atomic E-state index is 13.8. The van der Waals surface area contributed by atoms with Crippen LogP contribution in [0, 0.1) is 24.1 Å².